The van der Waals surface area contributed by atoms with Crippen LogP contribution in [0.15, 0.2) is 72.8 Å². The number of para-hydroxylation sites is 1. The molecule has 0 N–H and O–H groups in total. The van der Waals surface area contributed by atoms with Gasteiger partial charge < -0.3 is 14.2 Å². The minimum absolute atomic E-state index is 0.0678. The molecule has 1 aliphatic rings. The van der Waals surface area contributed by atoms with E-state index in [-0.39, 0.29) is 6.61 Å². The topological polar surface area (TPSA) is 92.5 Å². The van der Waals surface area contributed by atoms with Gasteiger partial charge in [-0.15, -0.1) is 5.10 Å². The maximum atomic E-state index is 12.8. The summed E-state index contributed by atoms with van der Waals surface area (Å²) in [6, 6.07) is 21.8. The van der Waals surface area contributed by atoms with Crippen LogP contribution < -0.4 is 0 Å². The van der Waals surface area contributed by atoms with Crippen LogP contribution in [0.2, 0.25) is 0 Å². The number of fused-ring (bicyclic) bond motifs is 1. The van der Waals surface area contributed by atoms with E-state index in [9.17, 15) is 9.59 Å². The quantitative estimate of drug-likeness (QED) is 0.384. The number of esters is 2. The summed E-state index contributed by atoms with van der Waals surface area (Å²) in [6.07, 6.45) is -1.48. The number of benzene rings is 3. The molecule has 3 atom stereocenters. The lowest BCUT2D eigenvalue weighted by Gasteiger charge is -2.19. The molecule has 0 spiro atoms. The van der Waals surface area contributed by atoms with Gasteiger partial charge in [0.05, 0.1) is 16.6 Å². The van der Waals surface area contributed by atoms with Crippen LogP contribution in [0.5, 0.6) is 0 Å². The van der Waals surface area contributed by atoms with E-state index in [1.165, 1.54) is 0 Å². The highest BCUT2D eigenvalue weighted by molar-refractivity contribution is 5.90. The lowest BCUT2D eigenvalue weighted by Crippen LogP contribution is -2.32. The Hall–Kier alpha value is -4.04. The molecule has 0 radical (unpaired) electrons. The summed E-state index contributed by atoms with van der Waals surface area (Å²) in [7, 11) is 0. The molecule has 8 nitrogen and oxygen atoms in total. The second-order valence-corrected chi connectivity index (χ2v) is 8.66. The first-order valence-corrected chi connectivity index (χ1v) is 11.4. The molecule has 0 amide bonds. The molecule has 178 valence electrons. The van der Waals surface area contributed by atoms with Crippen molar-refractivity contribution in [2.24, 2.45) is 0 Å². The van der Waals surface area contributed by atoms with Gasteiger partial charge in [-0.05, 0) is 50.2 Å². The van der Waals surface area contributed by atoms with Gasteiger partial charge in [-0.3, -0.25) is 0 Å². The van der Waals surface area contributed by atoms with E-state index in [2.05, 4.69) is 10.3 Å². The number of ether oxygens (including phenoxy) is 3. The van der Waals surface area contributed by atoms with Gasteiger partial charge in [0.25, 0.3) is 0 Å². The van der Waals surface area contributed by atoms with E-state index < -0.39 is 30.4 Å². The highest BCUT2D eigenvalue weighted by Gasteiger charge is 2.41. The fourth-order valence-corrected chi connectivity index (χ4v) is 4.05. The van der Waals surface area contributed by atoms with Gasteiger partial charge in [0.15, 0.2) is 6.23 Å². The lowest BCUT2D eigenvalue weighted by molar-refractivity contribution is -0.0593. The number of carbonyl (C=O) groups excluding carboxylic acids is 2. The predicted octanol–water partition coefficient (Wildman–Crippen LogP) is 4.42. The number of carbonyl (C=O) groups is 2. The molecule has 0 bridgehead atoms. The Kier molecular flexibility index (Phi) is 6.29. The van der Waals surface area contributed by atoms with Crippen LogP contribution in [0.4, 0.5) is 0 Å². The minimum Gasteiger partial charge on any atom is -0.459 e. The van der Waals surface area contributed by atoms with Crippen molar-refractivity contribution < 1.29 is 23.8 Å². The second-order valence-electron chi connectivity index (χ2n) is 8.66. The Labute approximate surface area is 202 Å². The largest absolute Gasteiger partial charge is 0.459 e. The molecule has 5 rings (SSSR count). The summed E-state index contributed by atoms with van der Waals surface area (Å²) in [6.45, 7) is 3.83. The third-order valence-corrected chi connectivity index (χ3v) is 6.04. The average molecular weight is 472 g/mol. The van der Waals surface area contributed by atoms with Crippen LogP contribution in [0, 0.1) is 13.8 Å². The first-order valence-electron chi connectivity index (χ1n) is 11.4. The fourth-order valence-electron chi connectivity index (χ4n) is 4.05. The highest BCUT2D eigenvalue weighted by atomic mass is 16.6. The molecule has 1 fully saturated rings. The first-order chi connectivity index (χ1) is 17.0. The van der Waals surface area contributed by atoms with Crippen LogP contribution in [0.3, 0.4) is 0 Å². The SMILES string of the molecule is Cc1ccc(C(=O)OC[C@H]2O[C@@H](n3nnc4ccccc43)C[C@@H]2OC(=O)c2ccc(C)cc2)cc1. The van der Waals surface area contributed by atoms with Crippen molar-refractivity contribution in [3.05, 3.63) is 95.1 Å². The molecule has 8 heteroatoms. The monoisotopic (exact) mass is 471 g/mol. The van der Waals surface area contributed by atoms with E-state index in [4.69, 9.17) is 14.2 Å². The van der Waals surface area contributed by atoms with E-state index in [1.807, 2.05) is 62.4 Å². The lowest BCUT2D eigenvalue weighted by atomic mass is 10.1. The number of hydrogen-bond acceptors (Lipinski definition) is 7. The minimum atomic E-state index is -0.660. The van der Waals surface area contributed by atoms with Gasteiger partial charge in [0.1, 0.15) is 24.3 Å². The van der Waals surface area contributed by atoms with E-state index >= 15 is 0 Å². The van der Waals surface area contributed by atoms with Gasteiger partial charge in [-0.2, -0.15) is 0 Å². The zero-order valence-corrected chi connectivity index (χ0v) is 19.5. The summed E-state index contributed by atoms with van der Waals surface area (Å²) in [5.74, 6) is -0.926. The van der Waals surface area contributed by atoms with Gasteiger partial charge in [0, 0.05) is 6.42 Å². The summed E-state index contributed by atoms with van der Waals surface area (Å²) >= 11 is 0. The fraction of sp³-hybridized carbons (Fsp3) is 0.259. The molecule has 35 heavy (non-hydrogen) atoms. The molecule has 0 saturated carbocycles. The number of aryl methyl sites for hydroxylation is 2. The predicted molar refractivity (Wildman–Crippen MR) is 128 cm³/mol. The summed E-state index contributed by atoms with van der Waals surface area (Å²) in [5.41, 5.74) is 4.52. The van der Waals surface area contributed by atoms with Crippen LogP contribution in [-0.2, 0) is 14.2 Å². The average Bonchev–Trinajstić information content (AvgIpc) is 3.47. The third kappa shape index (κ3) is 4.93. The van der Waals surface area contributed by atoms with E-state index in [0.717, 1.165) is 22.2 Å². The molecule has 0 aliphatic carbocycles. The smallest absolute Gasteiger partial charge is 0.338 e. The molecule has 3 aromatic carbocycles. The second kappa shape index (κ2) is 9.68. The molecule has 4 aromatic rings. The van der Waals surface area contributed by atoms with Gasteiger partial charge >= 0.3 is 11.9 Å². The number of aromatic nitrogens is 3. The van der Waals surface area contributed by atoms with Crippen molar-refractivity contribution in [2.75, 3.05) is 6.61 Å². The maximum absolute atomic E-state index is 12.8. The number of rotatable bonds is 6. The van der Waals surface area contributed by atoms with E-state index in [0.29, 0.717) is 17.5 Å². The Balaban J connectivity index is 1.34. The number of nitrogens with zero attached hydrogens (tertiary/aromatic N) is 3. The van der Waals surface area contributed by atoms with Crippen molar-refractivity contribution >= 4 is 23.0 Å². The Morgan fingerprint density at radius 3 is 2.23 bits per heavy atom. The molecule has 2 heterocycles. The van der Waals surface area contributed by atoms with Gasteiger partial charge in [-0.1, -0.05) is 52.7 Å². The Bertz CT molecular complexity index is 1350. The molecule has 0 unspecified atom stereocenters. The van der Waals surface area contributed by atoms with Crippen molar-refractivity contribution in [2.45, 2.75) is 38.7 Å². The Morgan fingerprint density at radius 2 is 1.54 bits per heavy atom. The molecule has 1 aliphatic heterocycles. The molecular formula is C27H25N3O5. The van der Waals surface area contributed by atoms with Crippen molar-refractivity contribution in [1.29, 1.82) is 0 Å². The molecule has 1 aromatic heterocycles. The Morgan fingerprint density at radius 1 is 0.914 bits per heavy atom. The normalized spacial score (nSPS) is 19.5. The summed E-state index contributed by atoms with van der Waals surface area (Å²) in [4.78, 5) is 25.4. The summed E-state index contributed by atoms with van der Waals surface area (Å²) in [5, 5.41) is 8.43. The zero-order chi connectivity index (χ0) is 24.4. The third-order valence-electron chi connectivity index (χ3n) is 6.04. The molecule has 1 saturated heterocycles. The van der Waals surface area contributed by atoms with Crippen molar-refractivity contribution in [3.63, 3.8) is 0 Å². The van der Waals surface area contributed by atoms with Gasteiger partial charge in [-0.25, -0.2) is 14.3 Å². The van der Waals surface area contributed by atoms with Crippen molar-refractivity contribution in [3.8, 4) is 0 Å². The van der Waals surface area contributed by atoms with Gasteiger partial charge in [0.2, 0.25) is 0 Å². The zero-order valence-electron chi connectivity index (χ0n) is 19.5. The van der Waals surface area contributed by atoms with Crippen LogP contribution >= 0.6 is 0 Å². The van der Waals surface area contributed by atoms with Crippen molar-refractivity contribution in [1.82, 2.24) is 15.0 Å². The van der Waals surface area contributed by atoms with Crippen LogP contribution in [0.25, 0.3) is 11.0 Å². The van der Waals surface area contributed by atoms with Crippen LogP contribution in [0.1, 0.15) is 44.5 Å². The number of hydrogen-bond donors (Lipinski definition) is 0. The summed E-state index contributed by atoms with van der Waals surface area (Å²) < 4.78 is 19.2. The van der Waals surface area contributed by atoms with E-state index in [1.54, 1.807) is 28.9 Å². The highest BCUT2D eigenvalue weighted by Crippen LogP contribution is 2.33. The molecular weight excluding hydrogens is 446 g/mol. The standard InChI is InChI=1S/C27H25N3O5/c1-17-7-11-19(12-8-17)26(31)33-16-24-23(35-27(32)20-13-9-18(2)10-14-20)15-25(34-24)30-22-6-4-3-5-21(22)28-29-30/h3-14,23-25H,15-16H2,1-2H3/t23-,24+,25+/m0/s1. The van der Waals surface area contributed by atoms with Crippen LogP contribution in [-0.4, -0.2) is 45.7 Å². The first kappa shape index (κ1) is 22.7. The maximum Gasteiger partial charge on any atom is 0.338 e.